The Morgan fingerprint density at radius 3 is 2.21 bits per heavy atom. The quantitative estimate of drug-likeness (QED) is 0.766. The van der Waals surface area contributed by atoms with Crippen molar-refractivity contribution in [3.63, 3.8) is 0 Å². The molecular weight excluding hydrogens is 398 g/mol. The maximum atomic E-state index is 12.3. The summed E-state index contributed by atoms with van der Waals surface area (Å²) in [6, 6.07) is 4.10. The van der Waals surface area contributed by atoms with Crippen molar-refractivity contribution in [3.05, 3.63) is 33.3 Å². The van der Waals surface area contributed by atoms with Gasteiger partial charge in [0.1, 0.15) is 11.6 Å². The van der Waals surface area contributed by atoms with E-state index in [0.29, 0.717) is 9.50 Å². The van der Waals surface area contributed by atoms with Crippen LogP contribution in [0.1, 0.15) is 40.2 Å². The van der Waals surface area contributed by atoms with Crippen molar-refractivity contribution in [2.24, 2.45) is 0 Å². The summed E-state index contributed by atoms with van der Waals surface area (Å²) in [6.07, 6.45) is -0.684. The number of carbonyl (C=O) groups is 2. The van der Waals surface area contributed by atoms with Crippen molar-refractivity contribution < 1.29 is 19.4 Å². The molecule has 24 heavy (non-hydrogen) atoms. The van der Waals surface area contributed by atoms with Gasteiger partial charge in [0.15, 0.2) is 0 Å². The Kier molecular flexibility index (Phi) is 6.33. The van der Waals surface area contributed by atoms with Gasteiger partial charge in [0.25, 0.3) is 0 Å². The van der Waals surface area contributed by atoms with E-state index in [-0.39, 0.29) is 0 Å². The average Bonchev–Trinajstić information content (AvgIpc) is 2.39. The fraction of sp³-hybridized carbons (Fsp3) is 0.529. The van der Waals surface area contributed by atoms with E-state index in [2.05, 4.69) is 15.9 Å². The first-order valence-corrected chi connectivity index (χ1v) is 8.58. The fourth-order valence-electron chi connectivity index (χ4n) is 2.45. The van der Waals surface area contributed by atoms with E-state index >= 15 is 0 Å². The first-order chi connectivity index (χ1) is 10.8. The number of nitrogens with zero attached hydrogens (tertiary/aromatic N) is 1. The minimum atomic E-state index is -1.11. The maximum absolute atomic E-state index is 12.3. The molecule has 1 aromatic rings. The van der Waals surface area contributed by atoms with Gasteiger partial charge in [-0.15, -0.1) is 0 Å². The third-order valence-electron chi connectivity index (χ3n) is 3.65. The van der Waals surface area contributed by atoms with Crippen LogP contribution in [0.3, 0.4) is 0 Å². The first-order valence-electron chi connectivity index (χ1n) is 7.41. The van der Waals surface area contributed by atoms with E-state index in [0.717, 1.165) is 10.5 Å². The highest BCUT2D eigenvalue weighted by Gasteiger charge is 2.43. The zero-order chi connectivity index (χ0) is 18.9. The van der Waals surface area contributed by atoms with Crippen LogP contribution in [0.4, 0.5) is 4.79 Å². The third kappa shape index (κ3) is 4.86. The summed E-state index contributed by atoms with van der Waals surface area (Å²) < 4.78 is 5.96. The first kappa shape index (κ1) is 20.8. The Balaban J connectivity index is 3.24. The summed E-state index contributed by atoms with van der Waals surface area (Å²) in [4.78, 5) is 25.3. The van der Waals surface area contributed by atoms with Gasteiger partial charge in [-0.3, -0.25) is 4.90 Å². The number of aliphatic carboxylic acids is 1. The topological polar surface area (TPSA) is 66.8 Å². The van der Waals surface area contributed by atoms with Crippen LogP contribution in [0.25, 0.3) is 0 Å². The van der Waals surface area contributed by atoms with Crippen molar-refractivity contribution in [2.45, 2.75) is 51.7 Å². The molecule has 0 aliphatic carbocycles. The second-order valence-corrected chi connectivity index (χ2v) is 8.44. The number of hydrogen-bond acceptors (Lipinski definition) is 3. The summed E-state index contributed by atoms with van der Waals surface area (Å²) in [6.45, 7) is 8.73. The van der Waals surface area contributed by atoms with Crippen LogP contribution in [0.2, 0.25) is 5.02 Å². The van der Waals surface area contributed by atoms with E-state index in [1.165, 1.54) is 7.05 Å². The number of hydrogen-bond donors (Lipinski definition) is 1. The zero-order valence-electron chi connectivity index (χ0n) is 14.7. The van der Waals surface area contributed by atoms with Crippen LogP contribution in [-0.4, -0.2) is 40.8 Å². The number of rotatable bonds is 4. The van der Waals surface area contributed by atoms with Crippen molar-refractivity contribution in [3.8, 4) is 0 Å². The van der Waals surface area contributed by atoms with Crippen LogP contribution >= 0.6 is 27.5 Å². The van der Waals surface area contributed by atoms with Crippen LogP contribution in [0, 0.1) is 0 Å². The highest BCUT2D eigenvalue weighted by Crippen LogP contribution is 2.34. The van der Waals surface area contributed by atoms with Crippen LogP contribution < -0.4 is 0 Å². The molecule has 1 rings (SSSR count). The monoisotopic (exact) mass is 419 g/mol. The molecule has 7 heteroatoms. The molecular formula is C17H23BrClNO4. The molecule has 134 valence electrons. The maximum Gasteiger partial charge on any atom is 0.410 e. The number of ether oxygens (including phenoxy) is 1. The number of carboxylic acid groups (broad SMARTS) is 1. The second kappa shape index (κ2) is 7.31. The molecule has 0 aliphatic heterocycles. The van der Waals surface area contributed by atoms with E-state index in [9.17, 15) is 14.7 Å². The minimum Gasteiger partial charge on any atom is -0.480 e. The summed E-state index contributed by atoms with van der Waals surface area (Å²) in [5.74, 6) is -1.11. The Bertz CT molecular complexity index is 640. The lowest BCUT2D eigenvalue weighted by Crippen LogP contribution is -2.54. The number of halogens is 2. The largest absolute Gasteiger partial charge is 0.480 e. The molecule has 1 amide bonds. The van der Waals surface area contributed by atoms with E-state index < -0.39 is 29.1 Å². The van der Waals surface area contributed by atoms with Gasteiger partial charge in [-0.1, -0.05) is 31.5 Å². The lowest BCUT2D eigenvalue weighted by molar-refractivity contribution is -0.145. The lowest BCUT2D eigenvalue weighted by atomic mass is 9.77. The van der Waals surface area contributed by atoms with Crippen molar-refractivity contribution in [2.75, 3.05) is 7.05 Å². The predicted octanol–water partition coefficient (Wildman–Crippen LogP) is 4.70. The van der Waals surface area contributed by atoms with Gasteiger partial charge in [0.2, 0.25) is 0 Å². The molecule has 0 saturated heterocycles. The molecule has 1 unspecified atom stereocenters. The molecule has 1 N–H and O–H groups in total. The standard InChI is InChI=1S/C17H23BrClNO4/c1-16(2,3)24-15(23)20(6)13(14(21)22)17(4,5)10-7-8-12(19)11(18)9-10/h7-9,13H,1-6H3,(H,21,22). The van der Waals surface area contributed by atoms with E-state index in [1.54, 1.807) is 52.8 Å². The highest BCUT2D eigenvalue weighted by molar-refractivity contribution is 9.10. The van der Waals surface area contributed by atoms with E-state index in [4.69, 9.17) is 16.3 Å². The van der Waals surface area contributed by atoms with Crippen molar-refractivity contribution in [1.82, 2.24) is 4.90 Å². The number of amides is 1. The summed E-state index contributed by atoms with van der Waals surface area (Å²) in [5, 5.41) is 10.3. The molecule has 5 nitrogen and oxygen atoms in total. The molecule has 0 saturated carbocycles. The van der Waals surface area contributed by atoms with E-state index in [1.807, 2.05) is 0 Å². The lowest BCUT2D eigenvalue weighted by Gasteiger charge is -2.38. The van der Waals surface area contributed by atoms with Crippen molar-refractivity contribution >= 4 is 39.6 Å². The number of likely N-dealkylation sites (N-methyl/N-ethyl adjacent to an activating group) is 1. The number of carbonyl (C=O) groups excluding carboxylic acids is 1. The summed E-state index contributed by atoms with van der Waals surface area (Å²) in [7, 11) is 1.43. The predicted molar refractivity (Wildman–Crippen MR) is 97.6 cm³/mol. The van der Waals surface area contributed by atoms with Gasteiger partial charge < -0.3 is 9.84 Å². The molecule has 0 aliphatic rings. The summed E-state index contributed by atoms with van der Waals surface area (Å²) in [5.41, 5.74) is -0.839. The SMILES string of the molecule is CN(C(=O)OC(C)(C)C)C(C(=O)O)C(C)(C)c1ccc(Cl)c(Br)c1. The minimum absolute atomic E-state index is 0.530. The van der Waals surface area contributed by atoms with Gasteiger partial charge in [0.05, 0.1) is 5.02 Å². The van der Waals surface area contributed by atoms with Gasteiger partial charge >= 0.3 is 12.1 Å². The number of carboxylic acids is 1. The van der Waals surface area contributed by atoms with Gasteiger partial charge in [-0.25, -0.2) is 9.59 Å². The third-order valence-corrected chi connectivity index (χ3v) is 4.86. The Morgan fingerprint density at radius 2 is 1.79 bits per heavy atom. The zero-order valence-corrected chi connectivity index (χ0v) is 17.0. The molecule has 0 radical (unpaired) electrons. The normalized spacial score (nSPS) is 13.3. The highest BCUT2D eigenvalue weighted by atomic mass is 79.9. The van der Waals surface area contributed by atoms with Crippen LogP contribution in [0.5, 0.6) is 0 Å². The number of benzene rings is 1. The molecule has 0 spiro atoms. The fourth-order valence-corrected chi connectivity index (χ4v) is 2.95. The van der Waals surface area contributed by atoms with Crippen LogP contribution in [-0.2, 0) is 14.9 Å². The molecule has 0 heterocycles. The summed E-state index contributed by atoms with van der Waals surface area (Å²) >= 11 is 9.36. The Morgan fingerprint density at radius 1 is 1.25 bits per heavy atom. The van der Waals surface area contributed by atoms with Gasteiger partial charge in [0, 0.05) is 16.9 Å². The molecule has 0 bridgehead atoms. The molecule has 0 fully saturated rings. The van der Waals surface area contributed by atoms with Crippen LogP contribution in [0.15, 0.2) is 22.7 Å². The Hall–Kier alpha value is -1.27. The van der Waals surface area contributed by atoms with Crippen molar-refractivity contribution in [1.29, 1.82) is 0 Å². The molecule has 1 atom stereocenters. The molecule has 0 aromatic heterocycles. The smallest absolute Gasteiger partial charge is 0.410 e. The average molecular weight is 421 g/mol. The Labute approximate surface area is 156 Å². The molecule has 1 aromatic carbocycles. The van der Waals surface area contributed by atoms with Gasteiger partial charge in [-0.2, -0.15) is 0 Å². The second-order valence-electron chi connectivity index (χ2n) is 7.18. The van der Waals surface area contributed by atoms with Gasteiger partial charge in [-0.05, 0) is 54.4 Å².